The van der Waals surface area contributed by atoms with E-state index < -0.39 is 7.12 Å². The Morgan fingerprint density at radius 1 is 1.37 bits per heavy atom. The summed E-state index contributed by atoms with van der Waals surface area (Å²) >= 11 is 0. The van der Waals surface area contributed by atoms with Crippen molar-refractivity contribution in [2.75, 3.05) is 6.61 Å². The summed E-state index contributed by atoms with van der Waals surface area (Å²) in [4.78, 5) is 0. The van der Waals surface area contributed by atoms with Crippen LogP contribution in [0.4, 0.5) is 0 Å². The molecule has 1 aliphatic rings. The van der Waals surface area contributed by atoms with Gasteiger partial charge in [0.05, 0.1) is 22.9 Å². The van der Waals surface area contributed by atoms with Gasteiger partial charge in [0.15, 0.2) is 0 Å². The molecular formula is C13H21BN2O3. The summed E-state index contributed by atoms with van der Waals surface area (Å²) in [6.45, 7) is 12.2. The van der Waals surface area contributed by atoms with Crippen molar-refractivity contribution in [3.63, 3.8) is 0 Å². The standard InChI is InChI=1S/C13H21BN2O3/c1-7-8-17-11-10(9-15-16(11)6)14-18-12(2,3)13(4,5)19-14/h7,9H,1,8H2,2-6H3. The summed E-state index contributed by atoms with van der Waals surface area (Å²) in [7, 11) is 1.37. The Balaban J connectivity index is 2.27. The Morgan fingerprint density at radius 2 is 1.95 bits per heavy atom. The number of hydrogen-bond donors (Lipinski definition) is 0. The van der Waals surface area contributed by atoms with E-state index in [9.17, 15) is 0 Å². The highest BCUT2D eigenvalue weighted by atomic mass is 16.7. The van der Waals surface area contributed by atoms with Gasteiger partial charge >= 0.3 is 7.12 Å². The van der Waals surface area contributed by atoms with Crippen molar-refractivity contribution in [3.8, 4) is 5.88 Å². The SMILES string of the molecule is C=CCOc1c(B2OC(C)(C)C(C)(C)O2)cnn1C. The second-order valence-electron chi connectivity index (χ2n) is 5.72. The Hall–Kier alpha value is -1.27. The van der Waals surface area contributed by atoms with Crippen LogP contribution in [-0.4, -0.2) is 34.7 Å². The van der Waals surface area contributed by atoms with Gasteiger partial charge < -0.3 is 14.0 Å². The quantitative estimate of drug-likeness (QED) is 0.607. The molecule has 0 aromatic carbocycles. The molecule has 5 nitrogen and oxygen atoms in total. The van der Waals surface area contributed by atoms with Gasteiger partial charge in [0.25, 0.3) is 0 Å². The van der Waals surface area contributed by atoms with Gasteiger partial charge in [-0.1, -0.05) is 12.7 Å². The van der Waals surface area contributed by atoms with Crippen LogP contribution in [0.5, 0.6) is 5.88 Å². The van der Waals surface area contributed by atoms with Crippen molar-refractivity contribution in [1.82, 2.24) is 9.78 Å². The number of nitrogens with zero attached hydrogens (tertiary/aromatic N) is 2. The van der Waals surface area contributed by atoms with Crippen LogP contribution in [0.1, 0.15) is 27.7 Å². The summed E-state index contributed by atoms with van der Waals surface area (Å²) in [5, 5.41) is 4.21. The zero-order valence-electron chi connectivity index (χ0n) is 12.3. The third kappa shape index (κ3) is 2.42. The number of ether oxygens (including phenoxy) is 1. The second-order valence-corrected chi connectivity index (χ2v) is 5.72. The summed E-state index contributed by atoms with van der Waals surface area (Å²) in [5.74, 6) is 0.651. The third-order valence-electron chi connectivity index (χ3n) is 3.76. The number of rotatable bonds is 4. The molecule has 0 bridgehead atoms. The van der Waals surface area contributed by atoms with Crippen LogP contribution in [0.2, 0.25) is 0 Å². The fraction of sp³-hybridized carbons (Fsp3) is 0.615. The average molecular weight is 264 g/mol. The van der Waals surface area contributed by atoms with Gasteiger partial charge in [-0.3, -0.25) is 0 Å². The van der Waals surface area contributed by atoms with E-state index >= 15 is 0 Å². The highest BCUT2D eigenvalue weighted by Crippen LogP contribution is 2.37. The van der Waals surface area contributed by atoms with Gasteiger partial charge in [-0.05, 0) is 27.7 Å². The lowest BCUT2D eigenvalue weighted by Crippen LogP contribution is -2.41. The smallest absolute Gasteiger partial charge is 0.474 e. The number of hydrogen-bond acceptors (Lipinski definition) is 4. The zero-order chi connectivity index (χ0) is 14.3. The molecule has 0 aliphatic carbocycles. The molecule has 0 amide bonds. The Bertz CT molecular complexity index is 466. The molecule has 1 fully saturated rings. The Morgan fingerprint density at radius 3 is 2.47 bits per heavy atom. The van der Waals surface area contributed by atoms with Crippen molar-refractivity contribution in [3.05, 3.63) is 18.9 Å². The van der Waals surface area contributed by atoms with Gasteiger partial charge in [-0.15, -0.1) is 0 Å². The van der Waals surface area contributed by atoms with Gasteiger partial charge in [0.1, 0.15) is 6.61 Å². The molecule has 104 valence electrons. The van der Waals surface area contributed by atoms with E-state index in [1.807, 2.05) is 34.7 Å². The molecule has 0 saturated carbocycles. The van der Waals surface area contributed by atoms with Crippen LogP contribution < -0.4 is 10.2 Å². The van der Waals surface area contributed by atoms with E-state index in [0.29, 0.717) is 12.5 Å². The molecule has 6 heteroatoms. The lowest BCUT2D eigenvalue weighted by atomic mass is 9.81. The molecular weight excluding hydrogens is 243 g/mol. The highest BCUT2D eigenvalue weighted by Gasteiger charge is 2.53. The van der Waals surface area contributed by atoms with Gasteiger partial charge in [0.2, 0.25) is 5.88 Å². The van der Waals surface area contributed by atoms with E-state index in [-0.39, 0.29) is 11.2 Å². The maximum atomic E-state index is 6.00. The van der Waals surface area contributed by atoms with Crippen LogP contribution in [0, 0.1) is 0 Å². The van der Waals surface area contributed by atoms with Crippen molar-refractivity contribution >= 4 is 12.6 Å². The first kappa shape index (κ1) is 14.2. The zero-order valence-corrected chi connectivity index (χ0v) is 12.3. The first-order valence-corrected chi connectivity index (χ1v) is 6.40. The minimum absolute atomic E-state index is 0.372. The van der Waals surface area contributed by atoms with Crippen molar-refractivity contribution < 1.29 is 14.0 Å². The topological polar surface area (TPSA) is 45.5 Å². The van der Waals surface area contributed by atoms with Gasteiger partial charge in [-0.2, -0.15) is 5.10 Å². The van der Waals surface area contributed by atoms with E-state index in [4.69, 9.17) is 14.0 Å². The summed E-state index contributed by atoms with van der Waals surface area (Å²) < 4.78 is 19.3. The molecule has 1 saturated heterocycles. The summed E-state index contributed by atoms with van der Waals surface area (Å²) in [6.07, 6.45) is 3.42. The maximum Gasteiger partial charge on any atom is 0.502 e. The predicted octanol–water partition coefficient (Wildman–Crippen LogP) is 1.28. The normalized spacial score (nSPS) is 20.6. The van der Waals surface area contributed by atoms with Crippen molar-refractivity contribution in [1.29, 1.82) is 0 Å². The van der Waals surface area contributed by atoms with Gasteiger partial charge in [-0.25, -0.2) is 4.68 Å². The van der Waals surface area contributed by atoms with Crippen LogP contribution >= 0.6 is 0 Å². The fourth-order valence-electron chi connectivity index (χ4n) is 1.89. The maximum absolute atomic E-state index is 6.00. The summed E-state index contributed by atoms with van der Waals surface area (Å²) in [6, 6.07) is 0. The first-order chi connectivity index (χ1) is 8.78. The largest absolute Gasteiger partial charge is 0.502 e. The molecule has 19 heavy (non-hydrogen) atoms. The van der Waals surface area contributed by atoms with Gasteiger partial charge in [0, 0.05) is 7.05 Å². The van der Waals surface area contributed by atoms with Crippen LogP contribution in [-0.2, 0) is 16.4 Å². The van der Waals surface area contributed by atoms with Crippen molar-refractivity contribution in [2.45, 2.75) is 38.9 Å². The molecule has 1 aliphatic heterocycles. The molecule has 0 N–H and O–H groups in total. The second kappa shape index (κ2) is 4.69. The molecule has 1 aromatic rings. The van der Waals surface area contributed by atoms with E-state index in [1.54, 1.807) is 17.0 Å². The van der Waals surface area contributed by atoms with E-state index in [1.165, 1.54) is 0 Å². The Labute approximate surface area is 114 Å². The average Bonchev–Trinajstić information content (AvgIpc) is 2.75. The fourth-order valence-corrected chi connectivity index (χ4v) is 1.89. The molecule has 0 radical (unpaired) electrons. The predicted molar refractivity (Wildman–Crippen MR) is 74.6 cm³/mol. The first-order valence-electron chi connectivity index (χ1n) is 6.40. The number of aryl methyl sites for hydroxylation is 1. The highest BCUT2D eigenvalue weighted by molar-refractivity contribution is 6.63. The lowest BCUT2D eigenvalue weighted by molar-refractivity contribution is 0.00578. The minimum atomic E-state index is -0.460. The molecule has 0 unspecified atom stereocenters. The van der Waals surface area contributed by atoms with E-state index in [0.717, 1.165) is 5.46 Å². The summed E-state index contributed by atoms with van der Waals surface area (Å²) in [5.41, 5.74) is 0.0647. The molecule has 0 spiro atoms. The lowest BCUT2D eigenvalue weighted by Gasteiger charge is -2.32. The van der Waals surface area contributed by atoms with Crippen LogP contribution in [0.3, 0.4) is 0 Å². The minimum Gasteiger partial charge on any atom is -0.474 e. The van der Waals surface area contributed by atoms with Crippen molar-refractivity contribution in [2.24, 2.45) is 7.05 Å². The molecule has 1 aromatic heterocycles. The van der Waals surface area contributed by atoms with Crippen LogP contribution in [0.25, 0.3) is 0 Å². The molecule has 2 rings (SSSR count). The van der Waals surface area contributed by atoms with Crippen LogP contribution in [0.15, 0.2) is 18.9 Å². The Kier molecular flexibility index (Phi) is 3.49. The molecule has 2 heterocycles. The van der Waals surface area contributed by atoms with E-state index in [2.05, 4.69) is 11.7 Å². The molecule has 0 atom stereocenters. The monoisotopic (exact) mass is 264 g/mol. The number of aromatic nitrogens is 2. The third-order valence-corrected chi connectivity index (χ3v) is 3.76.